The first kappa shape index (κ1) is 17.7. The van der Waals surface area contributed by atoms with Gasteiger partial charge in [0.2, 0.25) is 11.8 Å². The molecule has 0 spiro atoms. The summed E-state index contributed by atoms with van der Waals surface area (Å²) in [4.78, 5) is 50.9. The van der Waals surface area contributed by atoms with Crippen molar-refractivity contribution in [3.05, 3.63) is 41.1 Å². The summed E-state index contributed by atoms with van der Waals surface area (Å²) in [5.41, 5.74) is 1.30. The lowest BCUT2D eigenvalue weighted by atomic mass is 9.94. The quantitative estimate of drug-likeness (QED) is 0.449. The number of imide groups is 1. The number of esters is 1. The Labute approximate surface area is 150 Å². The summed E-state index contributed by atoms with van der Waals surface area (Å²) in [6.07, 6.45) is -0.199. The van der Waals surface area contributed by atoms with Crippen LogP contribution in [-0.4, -0.2) is 43.9 Å². The van der Waals surface area contributed by atoms with Gasteiger partial charge in [0.05, 0.1) is 24.3 Å². The molecule has 2 aliphatic heterocycles. The van der Waals surface area contributed by atoms with Gasteiger partial charge in [-0.05, 0) is 19.1 Å². The van der Waals surface area contributed by atoms with Crippen LogP contribution in [0.15, 0.2) is 35.5 Å². The Hall–Kier alpha value is -3.16. The van der Waals surface area contributed by atoms with Crippen molar-refractivity contribution < 1.29 is 23.9 Å². The molecular weight excluding hydrogens is 338 g/mol. The van der Waals surface area contributed by atoms with Crippen molar-refractivity contribution in [1.29, 1.82) is 0 Å². The molecule has 8 heteroatoms. The van der Waals surface area contributed by atoms with Crippen molar-refractivity contribution in [2.45, 2.75) is 13.3 Å². The maximum atomic E-state index is 12.9. The predicted octanol–water partition coefficient (Wildman–Crippen LogP) is 0.0210. The molecule has 2 fully saturated rings. The topological polar surface area (TPSA) is 105 Å². The molecule has 0 aliphatic carbocycles. The highest BCUT2D eigenvalue weighted by Crippen LogP contribution is 2.32. The molecule has 0 bridgehead atoms. The number of aryl methyl sites for hydroxylation is 1. The van der Waals surface area contributed by atoms with Crippen molar-refractivity contribution in [2.24, 2.45) is 5.92 Å². The van der Waals surface area contributed by atoms with Gasteiger partial charge in [-0.25, -0.2) is 4.79 Å². The zero-order chi connectivity index (χ0) is 18.8. The molecule has 2 N–H and O–H groups in total. The van der Waals surface area contributed by atoms with Gasteiger partial charge in [-0.2, -0.15) is 0 Å². The van der Waals surface area contributed by atoms with Gasteiger partial charge >= 0.3 is 5.97 Å². The Bertz CT molecular complexity index is 813. The largest absolute Gasteiger partial charge is 0.466 e. The summed E-state index contributed by atoms with van der Waals surface area (Å²) in [5.74, 6) is -3.34. The number of hydrogen-bond acceptors (Lipinski definition) is 6. The van der Waals surface area contributed by atoms with Gasteiger partial charge in [-0.3, -0.25) is 19.3 Å². The lowest BCUT2D eigenvalue weighted by Gasteiger charge is -2.22. The smallest absolute Gasteiger partial charge is 0.336 e. The number of piperazine rings is 1. The summed E-state index contributed by atoms with van der Waals surface area (Å²) < 4.78 is 4.77. The monoisotopic (exact) mass is 357 g/mol. The van der Waals surface area contributed by atoms with Crippen molar-refractivity contribution in [3.8, 4) is 0 Å². The van der Waals surface area contributed by atoms with E-state index in [0.717, 1.165) is 10.5 Å². The van der Waals surface area contributed by atoms with E-state index in [1.807, 2.05) is 6.92 Å². The van der Waals surface area contributed by atoms with E-state index in [0.29, 0.717) is 18.8 Å². The van der Waals surface area contributed by atoms with E-state index in [-0.39, 0.29) is 17.7 Å². The van der Waals surface area contributed by atoms with Gasteiger partial charge in [0.25, 0.3) is 5.91 Å². The highest BCUT2D eigenvalue weighted by atomic mass is 16.5. The number of hydrogen-bond donors (Lipinski definition) is 2. The normalized spacial score (nSPS) is 22.0. The Morgan fingerprint density at radius 1 is 1.12 bits per heavy atom. The number of nitrogens with zero attached hydrogens (tertiary/aromatic N) is 1. The Balaban J connectivity index is 2.01. The van der Waals surface area contributed by atoms with Gasteiger partial charge in [0, 0.05) is 19.5 Å². The zero-order valence-corrected chi connectivity index (χ0v) is 14.5. The lowest BCUT2D eigenvalue weighted by molar-refractivity contribution is -0.138. The van der Waals surface area contributed by atoms with Gasteiger partial charge in [0.15, 0.2) is 0 Å². The van der Waals surface area contributed by atoms with Gasteiger partial charge in [-0.15, -0.1) is 0 Å². The molecule has 2 heterocycles. The van der Waals surface area contributed by atoms with Crippen molar-refractivity contribution in [1.82, 2.24) is 10.6 Å². The fourth-order valence-electron chi connectivity index (χ4n) is 3.10. The summed E-state index contributed by atoms with van der Waals surface area (Å²) in [5, 5.41) is 5.46. The maximum absolute atomic E-state index is 12.9. The van der Waals surface area contributed by atoms with Crippen molar-refractivity contribution >= 4 is 29.4 Å². The van der Waals surface area contributed by atoms with Crippen LogP contribution >= 0.6 is 0 Å². The molecule has 0 saturated carbocycles. The first-order valence-corrected chi connectivity index (χ1v) is 8.22. The molecule has 2 aliphatic rings. The zero-order valence-electron chi connectivity index (χ0n) is 14.5. The minimum absolute atomic E-state index is 0.0139. The van der Waals surface area contributed by atoms with E-state index in [2.05, 4.69) is 10.6 Å². The SMILES string of the molecule is COC(=O)C(=C1NCCNC1=O)C1CC(=O)N(c2ccc(C)cc2)C1=O. The van der Waals surface area contributed by atoms with Gasteiger partial charge in [0.1, 0.15) is 5.70 Å². The van der Waals surface area contributed by atoms with Crippen LogP contribution in [0.2, 0.25) is 0 Å². The van der Waals surface area contributed by atoms with Gasteiger partial charge in [-0.1, -0.05) is 17.7 Å². The van der Waals surface area contributed by atoms with Crippen LogP contribution < -0.4 is 15.5 Å². The Morgan fingerprint density at radius 3 is 2.38 bits per heavy atom. The molecule has 2 saturated heterocycles. The molecule has 26 heavy (non-hydrogen) atoms. The van der Waals surface area contributed by atoms with Crippen LogP contribution in [-0.2, 0) is 23.9 Å². The number of ether oxygens (including phenoxy) is 1. The molecule has 1 aromatic rings. The minimum Gasteiger partial charge on any atom is -0.466 e. The second-order valence-electron chi connectivity index (χ2n) is 6.12. The molecule has 0 radical (unpaired) electrons. The van der Waals surface area contributed by atoms with Crippen molar-refractivity contribution in [3.63, 3.8) is 0 Å². The highest BCUT2D eigenvalue weighted by molar-refractivity contribution is 6.24. The van der Waals surface area contributed by atoms with E-state index in [1.54, 1.807) is 24.3 Å². The van der Waals surface area contributed by atoms with E-state index in [9.17, 15) is 19.2 Å². The molecule has 3 amide bonds. The van der Waals surface area contributed by atoms with E-state index in [1.165, 1.54) is 7.11 Å². The predicted molar refractivity (Wildman–Crippen MR) is 91.8 cm³/mol. The average molecular weight is 357 g/mol. The number of rotatable bonds is 3. The maximum Gasteiger partial charge on any atom is 0.336 e. The number of benzene rings is 1. The van der Waals surface area contributed by atoms with Crippen LogP contribution in [0.3, 0.4) is 0 Å². The van der Waals surface area contributed by atoms with Crippen LogP contribution in [0.4, 0.5) is 5.69 Å². The summed E-state index contributed by atoms with van der Waals surface area (Å²) >= 11 is 0. The Morgan fingerprint density at radius 2 is 1.77 bits per heavy atom. The fourth-order valence-corrected chi connectivity index (χ4v) is 3.10. The molecule has 1 atom stereocenters. The van der Waals surface area contributed by atoms with Crippen molar-refractivity contribution in [2.75, 3.05) is 25.1 Å². The second-order valence-corrected chi connectivity index (χ2v) is 6.12. The number of nitrogens with one attached hydrogen (secondary N) is 2. The standard InChI is InChI=1S/C18H19N3O5/c1-10-3-5-11(6-4-10)21-13(22)9-12(17(21)24)14(18(25)26-2)15-16(23)20-8-7-19-15/h3-6,12,19H,7-9H2,1-2H3,(H,20,23). The number of anilines is 1. The lowest BCUT2D eigenvalue weighted by Crippen LogP contribution is -2.45. The highest BCUT2D eigenvalue weighted by Gasteiger charge is 2.45. The molecule has 0 aromatic heterocycles. The molecule has 136 valence electrons. The third kappa shape index (κ3) is 3.05. The average Bonchev–Trinajstić information content (AvgIpc) is 2.92. The van der Waals surface area contributed by atoms with E-state index in [4.69, 9.17) is 4.74 Å². The summed E-state index contributed by atoms with van der Waals surface area (Å²) in [6.45, 7) is 2.72. The number of methoxy groups -OCH3 is 1. The molecular formula is C18H19N3O5. The second kappa shape index (κ2) is 6.99. The number of carbonyl (C=O) groups excluding carboxylic acids is 4. The number of carbonyl (C=O) groups is 4. The van der Waals surface area contributed by atoms with E-state index < -0.39 is 29.6 Å². The fraction of sp³-hybridized carbons (Fsp3) is 0.333. The van der Waals surface area contributed by atoms with Gasteiger partial charge < -0.3 is 15.4 Å². The third-order valence-electron chi connectivity index (χ3n) is 4.40. The number of amides is 3. The third-order valence-corrected chi connectivity index (χ3v) is 4.40. The van der Waals surface area contributed by atoms with E-state index >= 15 is 0 Å². The van der Waals surface area contributed by atoms with Crippen LogP contribution in [0.1, 0.15) is 12.0 Å². The summed E-state index contributed by atoms with van der Waals surface area (Å²) in [6, 6.07) is 6.92. The summed E-state index contributed by atoms with van der Waals surface area (Å²) in [7, 11) is 1.17. The Kier molecular flexibility index (Phi) is 4.75. The molecule has 8 nitrogen and oxygen atoms in total. The molecule has 1 aromatic carbocycles. The minimum atomic E-state index is -1.07. The van der Waals surface area contributed by atoms with Crippen LogP contribution in [0, 0.1) is 12.8 Å². The van der Waals surface area contributed by atoms with Crippen LogP contribution in [0.25, 0.3) is 0 Å². The first-order chi connectivity index (χ1) is 12.4. The first-order valence-electron chi connectivity index (χ1n) is 8.22. The molecule has 3 rings (SSSR count). The van der Waals surface area contributed by atoms with Crippen LogP contribution in [0.5, 0.6) is 0 Å². The molecule has 1 unspecified atom stereocenters.